The molecule has 1 aromatic heterocycles. The number of H-pyrrole nitrogens is 1. The average Bonchev–Trinajstić information content (AvgIpc) is 2.93. The second-order valence-corrected chi connectivity index (χ2v) is 6.59. The average molecular weight is 392 g/mol. The van der Waals surface area contributed by atoms with Crippen molar-refractivity contribution >= 4 is 52.3 Å². The Morgan fingerprint density at radius 3 is 2.69 bits per heavy atom. The highest BCUT2D eigenvalue weighted by Gasteiger charge is 2.21. The Morgan fingerprint density at radius 1 is 1.27 bits per heavy atom. The molecule has 1 atom stereocenters. The van der Waals surface area contributed by atoms with Crippen LogP contribution in [0.15, 0.2) is 36.4 Å². The maximum atomic E-state index is 11.2. The number of rotatable bonds is 6. The lowest BCUT2D eigenvalue weighted by atomic mass is 9.96. The molecule has 1 amide bonds. The Balaban J connectivity index is 2.27. The molecule has 1 heterocycles. The van der Waals surface area contributed by atoms with Crippen molar-refractivity contribution < 1.29 is 14.7 Å². The molecule has 0 radical (unpaired) electrons. The molecule has 2 aromatic carbocycles. The van der Waals surface area contributed by atoms with E-state index in [1.807, 2.05) is 18.2 Å². The fourth-order valence-corrected chi connectivity index (χ4v) is 3.45. The molecule has 3 rings (SSSR count). The number of hydrogen-bond donors (Lipinski definition) is 4. The van der Waals surface area contributed by atoms with E-state index in [2.05, 4.69) is 10.3 Å². The fourth-order valence-electron chi connectivity index (χ4n) is 2.94. The van der Waals surface area contributed by atoms with Crippen LogP contribution in [0.5, 0.6) is 0 Å². The third-order valence-electron chi connectivity index (χ3n) is 4.09. The molecule has 26 heavy (non-hydrogen) atoms. The Bertz CT molecular complexity index is 1000. The number of amides is 1. The van der Waals surface area contributed by atoms with Gasteiger partial charge in [0.25, 0.3) is 0 Å². The number of carbonyl (C=O) groups excluding carboxylic acids is 1. The number of carbonyl (C=O) groups is 2. The summed E-state index contributed by atoms with van der Waals surface area (Å²) in [6.07, 6.45) is 0.559. The quantitative estimate of drug-likeness (QED) is 0.480. The van der Waals surface area contributed by atoms with Gasteiger partial charge in [-0.05, 0) is 23.8 Å². The first-order valence-corrected chi connectivity index (χ1v) is 8.45. The summed E-state index contributed by atoms with van der Waals surface area (Å²) in [4.78, 5) is 25.3. The minimum absolute atomic E-state index is 0.0354. The second-order valence-electron chi connectivity index (χ2n) is 5.74. The van der Waals surface area contributed by atoms with E-state index in [-0.39, 0.29) is 6.42 Å². The van der Waals surface area contributed by atoms with Crippen molar-refractivity contribution in [2.75, 3.05) is 5.32 Å². The first-order chi connectivity index (χ1) is 12.4. The van der Waals surface area contributed by atoms with E-state index in [9.17, 15) is 14.7 Å². The standard InChI is InChI=1S/C18H15Cl2N3O3/c19-9-4-5-10(13(20)6-9)11-2-1-3-15-16(11)12(7-14(21)18(25)26)17(23-15)22-8-24/h1-6,8,14,23H,7,21H2,(H,22,24)(H,25,26)/t14-/m0/s1. The molecule has 8 heteroatoms. The molecule has 0 spiro atoms. The molecule has 6 nitrogen and oxygen atoms in total. The summed E-state index contributed by atoms with van der Waals surface area (Å²) < 4.78 is 0. The van der Waals surface area contributed by atoms with Gasteiger partial charge in [-0.1, -0.05) is 41.4 Å². The molecular formula is C18H15Cl2N3O3. The van der Waals surface area contributed by atoms with E-state index in [4.69, 9.17) is 28.9 Å². The number of aliphatic carboxylic acids is 1. The zero-order valence-electron chi connectivity index (χ0n) is 13.4. The van der Waals surface area contributed by atoms with Gasteiger partial charge in [0.2, 0.25) is 6.41 Å². The van der Waals surface area contributed by atoms with Gasteiger partial charge < -0.3 is 21.1 Å². The van der Waals surface area contributed by atoms with Crippen LogP contribution >= 0.6 is 23.2 Å². The largest absolute Gasteiger partial charge is 0.480 e. The van der Waals surface area contributed by atoms with Gasteiger partial charge in [0.15, 0.2) is 0 Å². The number of aromatic amines is 1. The van der Waals surface area contributed by atoms with Crippen LogP contribution < -0.4 is 11.1 Å². The Kier molecular flexibility index (Phi) is 5.18. The number of fused-ring (bicyclic) bond motifs is 1. The summed E-state index contributed by atoms with van der Waals surface area (Å²) in [5.41, 5.74) is 8.58. The smallest absolute Gasteiger partial charge is 0.320 e. The molecule has 0 aliphatic rings. The molecule has 0 unspecified atom stereocenters. The first kappa shape index (κ1) is 18.3. The van der Waals surface area contributed by atoms with E-state index >= 15 is 0 Å². The Hall–Kier alpha value is -2.54. The van der Waals surface area contributed by atoms with Gasteiger partial charge in [-0.3, -0.25) is 9.59 Å². The summed E-state index contributed by atoms with van der Waals surface area (Å²) in [7, 11) is 0. The van der Waals surface area contributed by atoms with Gasteiger partial charge in [0, 0.05) is 38.5 Å². The molecule has 0 aliphatic heterocycles. The first-order valence-electron chi connectivity index (χ1n) is 7.70. The second kappa shape index (κ2) is 7.37. The van der Waals surface area contributed by atoms with E-state index in [1.165, 1.54) is 0 Å². The summed E-state index contributed by atoms with van der Waals surface area (Å²) >= 11 is 12.3. The molecule has 0 bridgehead atoms. The number of halogens is 2. The summed E-state index contributed by atoms with van der Waals surface area (Å²) in [5, 5.41) is 13.5. The predicted octanol–water partition coefficient (Wildman–Crippen LogP) is 3.66. The normalized spacial score (nSPS) is 12.1. The van der Waals surface area contributed by atoms with E-state index in [0.717, 1.165) is 22.0 Å². The van der Waals surface area contributed by atoms with Crippen molar-refractivity contribution in [2.24, 2.45) is 5.73 Å². The summed E-state index contributed by atoms with van der Waals surface area (Å²) in [6.45, 7) is 0. The van der Waals surface area contributed by atoms with E-state index < -0.39 is 12.0 Å². The van der Waals surface area contributed by atoms with Gasteiger partial charge in [0.1, 0.15) is 11.9 Å². The molecular weight excluding hydrogens is 377 g/mol. The third kappa shape index (κ3) is 3.39. The van der Waals surface area contributed by atoms with E-state index in [0.29, 0.717) is 27.8 Å². The highest BCUT2D eigenvalue weighted by molar-refractivity contribution is 6.36. The highest BCUT2D eigenvalue weighted by atomic mass is 35.5. The minimum Gasteiger partial charge on any atom is -0.480 e. The fraction of sp³-hybridized carbons (Fsp3) is 0.111. The molecule has 3 aromatic rings. The van der Waals surface area contributed by atoms with Crippen LogP contribution in [0.3, 0.4) is 0 Å². The lowest BCUT2D eigenvalue weighted by molar-refractivity contribution is -0.138. The molecule has 0 aliphatic carbocycles. The van der Waals surface area contributed by atoms with Crippen LogP contribution in [-0.4, -0.2) is 28.5 Å². The number of carboxylic acids is 1. The van der Waals surface area contributed by atoms with Crippen LogP contribution in [-0.2, 0) is 16.0 Å². The zero-order valence-corrected chi connectivity index (χ0v) is 14.9. The maximum Gasteiger partial charge on any atom is 0.320 e. The predicted molar refractivity (Wildman–Crippen MR) is 103 cm³/mol. The summed E-state index contributed by atoms with van der Waals surface area (Å²) in [6, 6.07) is 9.57. The van der Waals surface area contributed by atoms with Crippen LogP contribution in [0.25, 0.3) is 22.0 Å². The van der Waals surface area contributed by atoms with Crippen molar-refractivity contribution in [3.05, 3.63) is 52.0 Å². The number of hydrogen-bond acceptors (Lipinski definition) is 3. The van der Waals surface area contributed by atoms with Crippen molar-refractivity contribution in [1.82, 2.24) is 4.98 Å². The third-order valence-corrected chi connectivity index (χ3v) is 4.64. The number of aromatic nitrogens is 1. The zero-order chi connectivity index (χ0) is 18.8. The Labute approximate surface area is 158 Å². The van der Waals surface area contributed by atoms with Crippen LogP contribution in [0.4, 0.5) is 5.82 Å². The van der Waals surface area contributed by atoms with Crippen LogP contribution in [0, 0.1) is 0 Å². The molecule has 5 N–H and O–H groups in total. The van der Waals surface area contributed by atoms with Crippen molar-refractivity contribution in [3.63, 3.8) is 0 Å². The van der Waals surface area contributed by atoms with Gasteiger partial charge in [-0.15, -0.1) is 0 Å². The van der Waals surface area contributed by atoms with Gasteiger partial charge in [-0.25, -0.2) is 0 Å². The highest BCUT2D eigenvalue weighted by Crippen LogP contribution is 2.39. The molecule has 0 saturated carbocycles. The summed E-state index contributed by atoms with van der Waals surface area (Å²) in [5.74, 6) is -0.720. The van der Waals surface area contributed by atoms with Gasteiger partial charge in [0.05, 0.1) is 0 Å². The lowest BCUT2D eigenvalue weighted by Gasteiger charge is -2.11. The van der Waals surface area contributed by atoms with Gasteiger partial charge >= 0.3 is 5.97 Å². The number of nitrogens with one attached hydrogen (secondary N) is 2. The van der Waals surface area contributed by atoms with Crippen molar-refractivity contribution in [3.8, 4) is 11.1 Å². The van der Waals surface area contributed by atoms with Crippen LogP contribution in [0.1, 0.15) is 5.56 Å². The molecule has 134 valence electrons. The molecule has 0 fully saturated rings. The Morgan fingerprint density at radius 2 is 2.04 bits per heavy atom. The van der Waals surface area contributed by atoms with Crippen molar-refractivity contribution in [1.29, 1.82) is 0 Å². The number of nitrogens with two attached hydrogens (primary N) is 1. The number of benzene rings is 2. The lowest BCUT2D eigenvalue weighted by Crippen LogP contribution is -2.32. The van der Waals surface area contributed by atoms with Gasteiger partial charge in [-0.2, -0.15) is 0 Å². The van der Waals surface area contributed by atoms with Crippen LogP contribution in [0.2, 0.25) is 10.0 Å². The number of anilines is 1. The molecule has 0 saturated heterocycles. The monoisotopic (exact) mass is 391 g/mol. The minimum atomic E-state index is -1.13. The maximum absolute atomic E-state index is 11.2. The van der Waals surface area contributed by atoms with Crippen molar-refractivity contribution in [2.45, 2.75) is 12.5 Å². The SMILES string of the molecule is N[C@@H](Cc1c(NC=O)[nH]c2cccc(-c3ccc(Cl)cc3Cl)c12)C(=O)O. The topological polar surface area (TPSA) is 108 Å². The van der Waals surface area contributed by atoms with E-state index in [1.54, 1.807) is 18.2 Å². The number of carboxylic acid groups (broad SMARTS) is 1.